The molecule has 1 N–H and O–H groups in total. The lowest BCUT2D eigenvalue weighted by Gasteiger charge is -2.05. The lowest BCUT2D eigenvalue weighted by atomic mass is 10.1. The van der Waals surface area contributed by atoms with E-state index in [0.717, 1.165) is 12.0 Å². The van der Waals surface area contributed by atoms with Crippen molar-refractivity contribution in [3.63, 3.8) is 0 Å². The van der Waals surface area contributed by atoms with Gasteiger partial charge in [0.05, 0.1) is 4.47 Å². The fourth-order valence-corrected chi connectivity index (χ4v) is 1.76. The summed E-state index contributed by atoms with van der Waals surface area (Å²) in [5.41, 5.74) is 1.46. The van der Waals surface area contributed by atoms with Crippen molar-refractivity contribution in [3.8, 4) is 17.9 Å². The van der Waals surface area contributed by atoms with Gasteiger partial charge in [-0.1, -0.05) is 6.92 Å². The number of nitrogens with zero attached hydrogens (tertiary/aromatic N) is 2. The first-order valence-electron chi connectivity index (χ1n) is 4.65. The number of aryl methyl sites for hydroxylation is 1. The molecule has 0 aliphatic carbocycles. The SMILES string of the molecule is CCc1cc(Br)c(O)c(C=C(C#N)C#N)c1. The maximum absolute atomic E-state index is 9.75. The van der Waals surface area contributed by atoms with E-state index in [2.05, 4.69) is 15.9 Å². The summed E-state index contributed by atoms with van der Waals surface area (Å²) in [6.45, 7) is 1.99. The molecule has 3 nitrogen and oxygen atoms in total. The largest absolute Gasteiger partial charge is 0.506 e. The molecule has 0 atom stereocenters. The van der Waals surface area contributed by atoms with Gasteiger partial charge in [-0.3, -0.25) is 0 Å². The van der Waals surface area contributed by atoms with E-state index >= 15 is 0 Å². The van der Waals surface area contributed by atoms with Crippen LogP contribution in [0.15, 0.2) is 22.2 Å². The van der Waals surface area contributed by atoms with Crippen LogP contribution >= 0.6 is 15.9 Å². The molecule has 0 heterocycles. The predicted molar refractivity (Wildman–Crippen MR) is 64.4 cm³/mol. The van der Waals surface area contributed by atoms with E-state index in [1.54, 1.807) is 18.2 Å². The van der Waals surface area contributed by atoms with Crippen LogP contribution < -0.4 is 0 Å². The molecule has 1 rings (SSSR count). The minimum atomic E-state index is -0.0320. The Bertz CT molecular complexity index is 505. The molecule has 1 aromatic carbocycles. The van der Waals surface area contributed by atoms with Gasteiger partial charge in [-0.25, -0.2) is 0 Å². The highest BCUT2D eigenvalue weighted by atomic mass is 79.9. The molecule has 0 bridgehead atoms. The second kappa shape index (κ2) is 5.34. The van der Waals surface area contributed by atoms with Gasteiger partial charge in [-0.15, -0.1) is 0 Å². The number of phenols is 1. The second-order valence-corrected chi connectivity index (χ2v) is 4.00. The van der Waals surface area contributed by atoms with E-state index in [0.29, 0.717) is 10.0 Å². The molecule has 0 radical (unpaired) electrons. The zero-order chi connectivity index (χ0) is 12.1. The summed E-state index contributed by atoms with van der Waals surface area (Å²) in [4.78, 5) is 0. The topological polar surface area (TPSA) is 67.8 Å². The van der Waals surface area contributed by atoms with Crippen molar-refractivity contribution in [2.75, 3.05) is 0 Å². The molecule has 0 saturated carbocycles. The van der Waals surface area contributed by atoms with Gasteiger partial charge in [0.15, 0.2) is 0 Å². The summed E-state index contributed by atoms with van der Waals surface area (Å²) in [6, 6.07) is 7.09. The van der Waals surface area contributed by atoms with Gasteiger partial charge in [-0.05, 0) is 46.1 Å². The first-order chi connectivity index (χ1) is 7.62. The van der Waals surface area contributed by atoms with Crippen molar-refractivity contribution in [1.82, 2.24) is 0 Å². The Balaban J connectivity index is 3.35. The third kappa shape index (κ3) is 2.62. The lowest BCUT2D eigenvalue weighted by Crippen LogP contribution is -1.85. The zero-order valence-electron chi connectivity index (χ0n) is 8.66. The van der Waals surface area contributed by atoms with E-state index in [9.17, 15) is 5.11 Å². The first kappa shape index (κ1) is 12.3. The molecule has 0 fully saturated rings. The van der Waals surface area contributed by atoms with Crippen LogP contribution in [0.3, 0.4) is 0 Å². The van der Waals surface area contributed by atoms with Gasteiger partial charge in [-0.2, -0.15) is 10.5 Å². The molecular formula is C12H9BrN2O. The van der Waals surface area contributed by atoms with Gasteiger partial charge in [0.25, 0.3) is 0 Å². The standard InChI is InChI=1S/C12H9BrN2O/c1-2-8-3-10(4-9(6-14)7-15)12(16)11(13)5-8/h3-5,16H,2H2,1H3. The molecule has 0 unspecified atom stereocenters. The quantitative estimate of drug-likeness (QED) is 0.844. The number of nitriles is 2. The van der Waals surface area contributed by atoms with Gasteiger partial charge in [0.1, 0.15) is 23.5 Å². The molecular weight excluding hydrogens is 268 g/mol. The fraction of sp³-hybridized carbons (Fsp3) is 0.167. The van der Waals surface area contributed by atoms with Crippen LogP contribution in [0.5, 0.6) is 5.75 Å². The van der Waals surface area contributed by atoms with Crippen LogP contribution in [-0.2, 0) is 6.42 Å². The average molecular weight is 277 g/mol. The number of allylic oxidation sites excluding steroid dienone is 1. The highest BCUT2D eigenvalue weighted by Gasteiger charge is 2.06. The summed E-state index contributed by atoms with van der Waals surface area (Å²) in [5.74, 6) is 0.0419. The van der Waals surface area contributed by atoms with Gasteiger partial charge < -0.3 is 5.11 Å². The maximum atomic E-state index is 9.75. The number of hydrogen-bond acceptors (Lipinski definition) is 3. The third-order valence-electron chi connectivity index (χ3n) is 2.10. The molecule has 0 amide bonds. The summed E-state index contributed by atoms with van der Waals surface area (Å²) in [7, 11) is 0. The van der Waals surface area contributed by atoms with Gasteiger partial charge >= 0.3 is 0 Å². The molecule has 0 saturated heterocycles. The number of phenolic OH excluding ortho intramolecular Hbond substituents is 1. The second-order valence-electron chi connectivity index (χ2n) is 3.15. The maximum Gasteiger partial charge on any atom is 0.137 e. The fourth-order valence-electron chi connectivity index (χ4n) is 1.24. The summed E-state index contributed by atoms with van der Waals surface area (Å²) >= 11 is 3.23. The minimum absolute atomic E-state index is 0.0320. The van der Waals surface area contributed by atoms with Crippen molar-refractivity contribution in [2.45, 2.75) is 13.3 Å². The van der Waals surface area contributed by atoms with Crippen LogP contribution in [0, 0.1) is 22.7 Å². The molecule has 0 aliphatic heterocycles. The Kier molecular flexibility index (Phi) is 4.10. The summed E-state index contributed by atoms with van der Waals surface area (Å²) < 4.78 is 0.563. The van der Waals surface area contributed by atoms with Crippen LogP contribution in [0.1, 0.15) is 18.1 Å². The number of benzene rings is 1. The molecule has 0 aromatic heterocycles. The number of halogens is 1. The highest BCUT2D eigenvalue weighted by Crippen LogP contribution is 2.31. The van der Waals surface area contributed by atoms with Crippen molar-refractivity contribution < 1.29 is 5.11 Å². The highest BCUT2D eigenvalue weighted by molar-refractivity contribution is 9.10. The van der Waals surface area contributed by atoms with Crippen molar-refractivity contribution in [1.29, 1.82) is 10.5 Å². The minimum Gasteiger partial charge on any atom is -0.506 e. The van der Waals surface area contributed by atoms with E-state index in [4.69, 9.17) is 10.5 Å². The monoisotopic (exact) mass is 276 g/mol. The van der Waals surface area contributed by atoms with E-state index < -0.39 is 0 Å². The Labute approximate surface area is 102 Å². The van der Waals surface area contributed by atoms with E-state index in [-0.39, 0.29) is 11.3 Å². The lowest BCUT2D eigenvalue weighted by molar-refractivity contribution is 0.470. The number of rotatable bonds is 2. The number of hydrogen-bond donors (Lipinski definition) is 1. The predicted octanol–water partition coefficient (Wildman–Crippen LogP) is 3.15. The molecule has 0 aliphatic rings. The molecule has 1 aromatic rings. The Morgan fingerprint density at radius 1 is 1.44 bits per heavy atom. The van der Waals surface area contributed by atoms with Crippen molar-refractivity contribution >= 4 is 22.0 Å². The van der Waals surface area contributed by atoms with Gasteiger partial charge in [0.2, 0.25) is 0 Å². The molecule has 16 heavy (non-hydrogen) atoms. The smallest absolute Gasteiger partial charge is 0.137 e. The average Bonchev–Trinajstić information content (AvgIpc) is 2.30. The third-order valence-corrected chi connectivity index (χ3v) is 2.71. The van der Waals surface area contributed by atoms with E-state index in [1.807, 2.05) is 13.0 Å². The number of aromatic hydroxyl groups is 1. The van der Waals surface area contributed by atoms with Crippen LogP contribution in [0.4, 0.5) is 0 Å². The molecule has 80 valence electrons. The Morgan fingerprint density at radius 3 is 2.56 bits per heavy atom. The van der Waals surface area contributed by atoms with Crippen LogP contribution in [0.25, 0.3) is 6.08 Å². The summed E-state index contributed by atoms with van der Waals surface area (Å²) in [6.07, 6.45) is 2.19. The first-order valence-corrected chi connectivity index (χ1v) is 5.45. The van der Waals surface area contributed by atoms with E-state index in [1.165, 1.54) is 6.08 Å². The normalized spacial score (nSPS) is 9.00. The zero-order valence-corrected chi connectivity index (χ0v) is 10.2. The Hall–Kier alpha value is -1.78. The van der Waals surface area contributed by atoms with Gasteiger partial charge in [0, 0.05) is 5.56 Å². The van der Waals surface area contributed by atoms with Crippen LogP contribution in [0.2, 0.25) is 0 Å². The van der Waals surface area contributed by atoms with Crippen molar-refractivity contribution in [2.24, 2.45) is 0 Å². The molecule has 0 spiro atoms. The van der Waals surface area contributed by atoms with Crippen molar-refractivity contribution in [3.05, 3.63) is 33.3 Å². The molecule has 4 heteroatoms. The summed E-state index contributed by atoms with van der Waals surface area (Å²) in [5, 5.41) is 27.0. The van der Waals surface area contributed by atoms with Crippen LogP contribution in [-0.4, -0.2) is 5.11 Å². The Morgan fingerprint density at radius 2 is 2.06 bits per heavy atom.